The van der Waals surface area contributed by atoms with Crippen molar-refractivity contribution in [3.63, 3.8) is 0 Å². The summed E-state index contributed by atoms with van der Waals surface area (Å²) in [6.45, 7) is 4.33. The second-order valence-electron chi connectivity index (χ2n) is 4.25. The minimum atomic E-state index is 0.470. The van der Waals surface area contributed by atoms with E-state index in [1.54, 1.807) is 11.3 Å². The lowest BCUT2D eigenvalue weighted by atomic mass is 10.1. The Morgan fingerprint density at radius 1 is 1.19 bits per heavy atom. The Labute approximate surface area is 101 Å². The number of aryl methyl sites for hydroxylation is 1. The van der Waals surface area contributed by atoms with Crippen molar-refractivity contribution in [3.8, 4) is 0 Å². The third kappa shape index (κ3) is 3.11. The largest absolute Gasteiger partial charge is 0.382 e. The fourth-order valence-corrected chi connectivity index (χ4v) is 2.43. The summed E-state index contributed by atoms with van der Waals surface area (Å²) < 4.78 is 0. The standard InChI is InChI=1S/C14H17NS/c1-11-3-5-14(6-4-11)15-12(2)9-13-7-8-16-10-13/h3-8,10,12,15H,9H2,1-2H3. The summed E-state index contributed by atoms with van der Waals surface area (Å²) in [5, 5.41) is 7.86. The average molecular weight is 231 g/mol. The van der Waals surface area contributed by atoms with Crippen LogP contribution in [0.5, 0.6) is 0 Å². The number of rotatable bonds is 4. The van der Waals surface area contributed by atoms with Crippen LogP contribution in [0.3, 0.4) is 0 Å². The van der Waals surface area contributed by atoms with Crippen LogP contribution < -0.4 is 5.32 Å². The Balaban J connectivity index is 1.92. The molecule has 1 N–H and O–H groups in total. The quantitative estimate of drug-likeness (QED) is 0.835. The minimum absolute atomic E-state index is 0.470. The Morgan fingerprint density at radius 3 is 2.56 bits per heavy atom. The first kappa shape index (κ1) is 11.2. The van der Waals surface area contributed by atoms with E-state index < -0.39 is 0 Å². The van der Waals surface area contributed by atoms with Crippen molar-refractivity contribution in [2.24, 2.45) is 0 Å². The van der Waals surface area contributed by atoms with E-state index in [0.717, 1.165) is 6.42 Å². The van der Waals surface area contributed by atoms with Gasteiger partial charge in [0.15, 0.2) is 0 Å². The Morgan fingerprint density at radius 2 is 1.94 bits per heavy atom. The summed E-state index contributed by atoms with van der Waals surface area (Å²) in [4.78, 5) is 0. The van der Waals surface area contributed by atoms with Crippen LogP contribution in [-0.2, 0) is 6.42 Å². The molecule has 1 aromatic heterocycles. The first-order valence-electron chi connectivity index (χ1n) is 5.58. The van der Waals surface area contributed by atoms with Gasteiger partial charge in [0.05, 0.1) is 0 Å². The lowest BCUT2D eigenvalue weighted by Gasteiger charge is -2.14. The molecule has 0 saturated heterocycles. The number of hydrogen-bond acceptors (Lipinski definition) is 2. The molecule has 1 aromatic carbocycles. The fraction of sp³-hybridized carbons (Fsp3) is 0.286. The van der Waals surface area contributed by atoms with Crippen LogP contribution in [0.1, 0.15) is 18.1 Å². The predicted octanol–water partition coefficient (Wildman–Crippen LogP) is 4.10. The van der Waals surface area contributed by atoms with Gasteiger partial charge in [0, 0.05) is 11.7 Å². The number of benzene rings is 1. The molecule has 0 aliphatic carbocycles. The molecule has 1 atom stereocenters. The highest BCUT2D eigenvalue weighted by atomic mass is 32.1. The number of thiophene rings is 1. The third-order valence-electron chi connectivity index (χ3n) is 2.59. The zero-order valence-corrected chi connectivity index (χ0v) is 10.6. The molecule has 1 heterocycles. The highest BCUT2D eigenvalue weighted by Crippen LogP contribution is 2.13. The molecular formula is C14H17NS. The molecule has 2 aromatic rings. The van der Waals surface area contributed by atoms with Crippen molar-refractivity contribution in [2.45, 2.75) is 26.3 Å². The van der Waals surface area contributed by atoms with Gasteiger partial charge in [-0.1, -0.05) is 17.7 Å². The van der Waals surface area contributed by atoms with Gasteiger partial charge in [-0.15, -0.1) is 0 Å². The molecule has 2 heteroatoms. The summed E-state index contributed by atoms with van der Waals surface area (Å²) in [6.07, 6.45) is 1.08. The Bertz CT molecular complexity index is 417. The SMILES string of the molecule is Cc1ccc(NC(C)Cc2ccsc2)cc1. The molecule has 1 nitrogen and oxygen atoms in total. The van der Waals surface area contributed by atoms with E-state index in [1.807, 2.05) is 0 Å². The van der Waals surface area contributed by atoms with Crippen LogP contribution >= 0.6 is 11.3 Å². The molecule has 2 rings (SSSR count). The van der Waals surface area contributed by atoms with Gasteiger partial charge in [-0.05, 0) is 54.8 Å². The van der Waals surface area contributed by atoms with E-state index in [2.05, 4.69) is 60.3 Å². The van der Waals surface area contributed by atoms with E-state index in [-0.39, 0.29) is 0 Å². The van der Waals surface area contributed by atoms with Crippen molar-refractivity contribution < 1.29 is 0 Å². The van der Waals surface area contributed by atoms with Crippen LogP contribution in [0, 0.1) is 6.92 Å². The van der Waals surface area contributed by atoms with Crippen LogP contribution in [-0.4, -0.2) is 6.04 Å². The topological polar surface area (TPSA) is 12.0 Å². The maximum atomic E-state index is 3.51. The molecule has 0 spiro atoms. The minimum Gasteiger partial charge on any atom is -0.382 e. The molecule has 84 valence electrons. The van der Waals surface area contributed by atoms with Gasteiger partial charge in [-0.3, -0.25) is 0 Å². The van der Waals surface area contributed by atoms with Gasteiger partial charge in [0.1, 0.15) is 0 Å². The van der Waals surface area contributed by atoms with Gasteiger partial charge in [0.25, 0.3) is 0 Å². The van der Waals surface area contributed by atoms with E-state index >= 15 is 0 Å². The van der Waals surface area contributed by atoms with Crippen molar-refractivity contribution >= 4 is 17.0 Å². The summed E-state index contributed by atoms with van der Waals surface area (Å²) in [5.74, 6) is 0. The molecule has 0 fully saturated rings. The lowest BCUT2D eigenvalue weighted by Crippen LogP contribution is -2.17. The van der Waals surface area contributed by atoms with Gasteiger partial charge in [0.2, 0.25) is 0 Å². The monoisotopic (exact) mass is 231 g/mol. The maximum absolute atomic E-state index is 3.51. The molecular weight excluding hydrogens is 214 g/mol. The van der Waals surface area contributed by atoms with Gasteiger partial charge in [-0.2, -0.15) is 11.3 Å². The third-order valence-corrected chi connectivity index (χ3v) is 3.32. The summed E-state index contributed by atoms with van der Waals surface area (Å²) >= 11 is 1.76. The average Bonchev–Trinajstić information content (AvgIpc) is 2.74. The predicted molar refractivity (Wildman–Crippen MR) is 72.3 cm³/mol. The van der Waals surface area contributed by atoms with Crippen LogP contribution in [0.4, 0.5) is 5.69 Å². The zero-order valence-electron chi connectivity index (χ0n) is 9.73. The lowest BCUT2D eigenvalue weighted by molar-refractivity contribution is 0.792. The Kier molecular flexibility index (Phi) is 3.62. The van der Waals surface area contributed by atoms with Gasteiger partial charge >= 0.3 is 0 Å². The first-order chi connectivity index (χ1) is 7.74. The summed E-state index contributed by atoms with van der Waals surface area (Å²) in [7, 11) is 0. The summed E-state index contributed by atoms with van der Waals surface area (Å²) in [5.41, 5.74) is 3.92. The highest BCUT2D eigenvalue weighted by molar-refractivity contribution is 7.07. The molecule has 0 aliphatic rings. The summed E-state index contributed by atoms with van der Waals surface area (Å²) in [6, 6.07) is 11.2. The van der Waals surface area contributed by atoms with E-state index in [1.165, 1.54) is 16.8 Å². The number of nitrogens with one attached hydrogen (secondary N) is 1. The fourth-order valence-electron chi connectivity index (χ4n) is 1.75. The van der Waals surface area contributed by atoms with Crippen LogP contribution in [0.2, 0.25) is 0 Å². The normalized spacial score (nSPS) is 12.4. The number of hydrogen-bond donors (Lipinski definition) is 1. The molecule has 1 unspecified atom stereocenters. The van der Waals surface area contributed by atoms with Crippen molar-refractivity contribution in [1.82, 2.24) is 0 Å². The number of anilines is 1. The molecule has 0 radical (unpaired) electrons. The first-order valence-corrected chi connectivity index (χ1v) is 6.52. The second kappa shape index (κ2) is 5.17. The van der Waals surface area contributed by atoms with Crippen LogP contribution in [0.15, 0.2) is 41.1 Å². The molecule has 0 saturated carbocycles. The van der Waals surface area contributed by atoms with E-state index in [9.17, 15) is 0 Å². The smallest absolute Gasteiger partial charge is 0.0342 e. The highest BCUT2D eigenvalue weighted by Gasteiger charge is 2.03. The second-order valence-corrected chi connectivity index (χ2v) is 5.03. The molecule has 16 heavy (non-hydrogen) atoms. The van der Waals surface area contributed by atoms with Crippen molar-refractivity contribution in [3.05, 3.63) is 52.2 Å². The van der Waals surface area contributed by atoms with Crippen molar-refractivity contribution in [2.75, 3.05) is 5.32 Å². The van der Waals surface area contributed by atoms with Gasteiger partial charge < -0.3 is 5.32 Å². The maximum Gasteiger partial charge on any atom is 0.0342 e. The van der Waals surface area contributed by atoms with E-state index in [0.29, 0.717) is 6.04 Å². The Hall–Kier alpha value is -1.28. The molecule has 0 amide bonds. The molecule has 0 aliphatic heterocycles. The zero-order chi connectivity index (χ0) is 11.4. The molecule has 0 bridgehead atoms. The van der Waals surface area contributed by atoms with Crippen molar-refractivity contribution in [1.29, 1.82) is 0 Å². The van der Waals surface area contributed by atoms with E-state index in [4.69, 9.17) is 0 Å². The van der Waals surface area contributed by atoms with Gasteiger partial charge in [-0.25, -0.2) is 0 Å². The van der Waals surface area contributed by atoms with Crippen LogP contribution in [0.25, 0.3) is 0 Å².